The van der Waals surface area contributed by atoms with Crippen molar-refractivity contribution in [3.05, 3.63) is 52.0 Å². The summed E-state index contributed by atoms with van der Waals surface area (Å²) in [6.45, 7) is 3.47. The first kappa shape index (κ1) is 27.2. The summed E-state index contributed by atoms with van der Waals surface area (Å²) in [7, 11) is 0. The molecule has 8 nitrogen and oxygen atoms in total. The second-order valence-corrected chi connectivity index (χ2v) is 11.9. The Morgan fingerprint density at radius 1 is 1.15 bits per heavy atom. The van der Waals surface area contributed by atoms with Gasteiger partial charge in [-0.2, -0.15) is 13.2 Å². The molecule has 0 radical (unpaired) electrons. The highest BCUT2D eigenvalue weighted by Crippen LogP contribution is 2.48. The van der Waals surface area contributed by atoms with Crippen LogP contribution in [0, 0.1) is 0 Å². The van der Waals surface area contributed by atoms with Crippen LogP contribution in [0.1, 0.15) is 49.3 Å². The number of carbonyl (C=O) groups is 2. The van der Waals surface area contributed by atoms with E-state index in [1.807, 2.05) is 12.1 Å². The third kappa shape index (κ3) is 4.67. The molecule has 4 aliphatic rings. The van der Waals surface area contributed by atoms with Crippen LogP contribution in [0.15, 0.2) is 30.3 Å². The van der Waals surface area contributed by atoms with E-state index in [1.165, 1.54) is 0 Å². The van der Waals surface area contributed by atoms with Crippen LogP contribution in [0.5, 0.6) is 5.75 Å². The summed E-state index contributed by atoms with van der Waals surface area (Å²) < 4.78 is 48.4. The number of rotatable bonds is 5. The van der Waals surface area contributed by atoms with E-state index in [0.717, 1.165) is 22.2 Å². The Labute approximate surface area is 234 Å². The monoisotopic (exact) mass is 578 g/mol. The molecule has 214 valence electrons. The first-order valence-electron chi connectivity index (χ1n) is 13.4. The number of carbonyl (C=O) groups excluding carboxylic acids is 2. The Morgan fingerprint density at radius 3 is 2.55 bits per heavy atom. The second-order valence-electron chi connectivity index (χ2n) is 11.5. The van der Waals surface area contributed by atoms with Crippen LogP contribution in [0.3, 0.4) is 0 Å². The van der Waals surface area contributed by atoms with Crippen molar-refractivity contribution in [1.82, 2.24) is 10.2 Å². The van der Waals surface area contributed by atoms with Gasteiger partial charge in [0.1, 0.15) is 12.4 Å². The quantitative estimate of drug-likeness (QED) is 0.480. The van der Waals surface area contributed by atoms with Crippen LogP contribution in [-0.4, -0.2) is 59.8 Å². The van der Waals surface area contributed by atoms with Crippen molar-refractivity contribution in [2.24, 2.45) is 0 Å². The summed E-state index contributed by atoms with van der Waals surface area (Å²) in [5.41, 5.74) is -0.692. The molecule has 2 aromatic rings. The number of urea groups is 1. The number of nitrogens with zero attached hydrogens (tertiary/aromatic N) is 2. The zero-order valence-corrected chi connectivity index (χ0v) is 22.7. The highest BCUT2D eigenvalue weighted by Gasteiger charge is 2.49. The predicted molar refractivity (Wildman–Crippen MR) is 143 cm³/mol. The van der Waals surface area contributed by atoms with Gasteiger partial charge < -0.3 is 20.5 Å². The third-order valence-corrected chi connectivity index (χ3v) is 8.87. The number of anilines is 2. The number of nitrogens with one attached hydrogen (secondary N) is 2. The van der Waals surface area contributed by atoms with Crippen LogP contribution < -0.4 is 20.3 Å². The average molecular weight is 579 g/mol. The fourth-order valence-corrected chi connectivity index (χ4v) is 6.73. The Kier molecular flexibility index (Phi) is 6.47. The maximum Gasteiger partial charge on any atom is 0.418 e. The number of hydrogen-bond acceptors (Lipinski definition) is 5. The predicted octanol–water partition coefficient (Wildman–Crippen LogP) is 4.67. The van der Waals surface area contributed by atoms with Crippen molar-refractivity contribution in [3.8, 4) is 5.75 Å². The smallest absolute Gasteiger partial charge is 0.418 e. The highest BCUT2D eigenvalue weighted by atomic mass is 35.5. The van der Waals surface area contributed by atoms with E-state index >= 15 is 0 Å². The van der Waals surface area contributed by atoms with Gasteiger partial charge in [0.15, 0.2) is 0 Å². The van der Waals surface area contributed by atoms with Crippen LogP contribution in [0.4, 0.5) is 29.3 Å². The fraction of sp³-hybridized carbons (Fsp3) is 0.500. The molecule has 12 heteroatoms. The van der Waals surface area contributed by atoms with E-state index in [1.54, 1.807) is 19.1 Å². The van der Waals surface area contributed by atoms with Gasteiger partial charge in [-0.3, -0.25) is 14.6 Å². The zero-order valence-electron chi connectivity index (χ0n) is 21.9. The van der Waals surface area contributed by atoms with E-state index in [9.17, 15) is 27.9 Å². The van der Waals surface area contributed by atoms with Crippen molar-refractivity contribution in [1.29, 1.82) is 0 Å². The molecule has 1 spiro atoms. The Hall–Kier alpha value is -3.02. The largest absolute Gasteiger partial charge is 0.492 e. The molecule has 3 N–H and O–H groups in total. The number of piperidine rings is 1. The molecule has 0 unspecified atom stereocenters. The second kappa shape index (κ2) is 9.53. The summed E-state index contributed by atoms with van der Waals surface area (Å²) in [5, 5.41) is 16.3. The molecule has 1 aliphatic carbocycles. The van der Waals surface area contributed by atoms with Gasteiger partial charge >= 0.3 is 12.2 Å². The molecule has 1 saturated carbocycles. The minimum Gasteiger partial charge on any atom is -0.492 e. The van der Waals surface area contributed by atoms with E-state index in [0.29, 0.717) is 43.1 Å². The standard InChI is InChI=1S/C28H30ClF3N4O4/c1-26(39)13-18(14-26)36-23-16(15-33-25(36)38)10-19(12-21(23)28(30,31)32)40-9-8-35-6-4-27(5-7-35)20-11-17(29)2-3-22(20)34-24(27)37/h2-3,10-12,18,39H,4-9,13-15H2,1H3,(H,33,38)(H,34,37)/t18-,26+. The van der Waals surface area contributed by atoms with Crippen molar-refractivity contribution in [2.75, 3.05) is 36.5 Å². The lowest BCUT2D eigenvalue weighted by Gasteiger charge is -2.48. The van der Waals surface area contributed by atoms with Gasteiger partial charge in [-0.1, -0.05) is 11.6 Å². The van der Waals surface area contributed by atoms with Gasteiger partial charge in [-0.15, -0.1) is 0 Å². The van der Waals surface area contributed by atoms with E-state index in [-0.39, 0.29) is 43.3 Å². The molecule has 0 bridgehead atoms. The molecular formula is C28H30ClF3N4O4. The number of aliphatic hydroxyl groups is 1. The Morgan fingerprint density at radius 2 is 1.88 bits per heavy atom. The molecule has 3 heterocycles. The highest BCUT2D eigenvalue weighted by molar-refractivity contribution is 6.31. The number of alkyl halides is 3. The van der Waals surface area contributed by atoms with Gasteiger partial charge in [-0.05, 0) is 87.2 Å². The van der Waals surface area contributed by atoms with Crippen LogP contribution >= 0.6 is 11.6 Å². The number of likely N-dealkylation sites (tertiary alicyclic amines) is 1. The summed E-state index contributed by atoms with van der Waals surface area (Å²) >= 11 is 6.19. The van der Waals surface area contributed by atoms with Crippen molar-refractivity contribution in [3.63, 3.8) is 0 Å². The van der Waals surface area contributed by atoms with Crippen molar-refractivity contribution in [2.45, 2.75) is 62.4 Å². The van der Waals surface area contributed by atoms with E-state index < -0.39 is 34.8 Å². The molecule has 2 aromatic carbocycles. The SMILES string of the molecule is C[C@]1(O)C[C@@H](N2C(=O)NCc3cc(OCCN4CCC5(CC4)C(=O)Nc4ccc(Cl)cc45)cc(C(F)(F)F)c32)C1. The first-order valence-corrected chi connectivity index (χ1v) is 13.7. The number of ether oxygens (including phenoxy) is 1. The minimum absolute atomic E-state index is 0.0268. The number of amides is 3. The van der Waals surface area contributed by atoms with Crippen molar-refractivity contribution >= 4 is 34.9 Å². The van der Waals surface area contributed by atoms with Gasteiger partial charge in [0, 0.05) is 29.8 Å². The molecular weight excluding hydrogens is 549 g/mol. The lowest BCUT2D eigenvalue weighted by atomic mass is 9.73. The normalized spacial score (nSPS) is 25.6. The summed E-state index contributed by atoms with van der Waals surface area (Å²) in [5.74, 6) is 0.0519. The number of halogens is 4. The Balaban J connectivity index is 1.14. The van der Waals surface area contributed by atoms with E-state index in [4.69, 9.17) is 16.3 Å². The molecule has 2 fully saturated rings. The maximum atomic E-state index is 14.2. The number of benzene rings is 2. The van der Waals surface area contributed by atoms with Crippen LogP contribution in [0.25, 0.3) is 0 Å². The van der Waals surface area contributed by atoms with Crippen molar-refractivity contribution < 1.29 is 32.6 Å². The lowest BCUT2D eigenvalue weighted by molar-refractivity contribution is -0.137. The van der Waals surface area contributed by atoms with E-state index in [2.05, 4.69) is 15.5 Å². The minimum atomic E-state index is -4.70. The molecule has 3 amide bonds. The zero-order chi connectivity index (χ0) is 28.4. The first-order chi connectivity index (χ1) is 18.9. The summed E-state index contributed by atoms with van der Waals surface area (Å²) in [6, 6.07) is 6.79. The fourth-order valence-electron chi connectivity index (χ4n) is 6.56. The van der Waals surface area contributed by atoms with Crippen LogP contribution in [-0.2, 0) is 22.9 Å². The van der Waals surface area contributed by atoms with Crippen LogP contribution in [0.2, 0.25) is 5.02 Å². The molecule has 0 aromatic heterocycles. The van der Waals surface area contributed by atoms with Gasteiger partial charge in [-0.25, -0.2) is 4.79 Å². The summed E-state index contributed by atoms with van der Waals surface area (Å²) in [4.78, 5) is 28.7. The molecule has 0 atom stereocenters. The molecule has 3 aliphatic heterocycles. The molecule has 6 rings (SSSR count). The lowest BCUT2D eigenvalue weighted by Crippen LogP contribution is -2.59. The average Bonchev–Trinajstić information content (AvgIpc) is 3.13. The topological polar surface area (TPSA) is 94.1 Å². The molecule has 1 saturated heterocycles. The molecule has 40 heavy (non-hydrogen) atoms. The third-order valence-electron chi connectivity index (χ3n) is 8.64. The van der Waals surface area contributed by atoms with Gasteiger partial charge in [0.05, 0.1) is 22.3 Å². The number of fused-ring (bicyclic) bond motifs is 3. The number of hydrogen-bond donors (Lipinski definition) is 3. The van der Waals surface area contributed by atoms with Gasteiger partial charge in [0.2, 0.25) is 5.91 Å². The Bertz CT molecular complexity index is 1370. The maximum absolute atomic E-state index is 14.2. The summed E-state index contributed by atoms with van der Waals surface area (Å²) in [6.07, 6.45) is -3.09. The van der Waals surface area contributed by atoms with Gasteiger partial charge in [0.25, 0.3) is 0 Å².